The third-order valence-corrected chi connectivity index (χ3v) is 5.96. The molecule has 0 atom stereocenters. The maximum Gasteiger partial charge on any atom is 0.273 e. The number of fused-ring (bicyclic) bond motifs is 2. The van der Waals surface area contributed by atoms with Gasteiger partial charge in [0.25, 0.3) is 5.56 Å². The average Bonchev–Trinajstić information content (AvgIpc) is 3.19. The summed E-state index contributed by atoms with van der Waals surface area (Å²) in [6.07, 6.45) is 1.73. The Hall–Kier alpha value is -3.99. The van der Waals surface area contributed by atoms with Crippen LogP contribution in [0, 0.1) is 11.3 Å². The number of aromatic amines is 1. The van der Waals surface area contributed by atoms with Crippen LogP contribution in [0.2, 0.25) is 5.02 Å². The summed E-state index contributed by atoms with van der Waals surface area (Å²) in [5.41, 5.74) is 9.65. The quantitative estimate of drug-likeness (QED) is 0.438. The van der Waals surface area contributed by atoms with Crippen molar-refractivity contribution in [1.29, 1.82) is 5.26 Å². The molecule has 0 fully saturated rings. The Morgan fingerprint density at radius 2 is 1.97 bits per heavy atom. The Balaban J connectivity index is 1.82. The van der Waals surface area contributed by atoms with Crippen LogP contribution < -0.4 is 11.3 Å². The second kappa shape index (κ2) is 7.61. The van der Waals surface area contributed by atoms with Crippen molar-refractivity contribution >= 4 is 33.1 Å². The molecule has 0 aliphatic carbocycles. The lowest BCUT2D eigenvalue weighted by molar-refractivity contribution is 0.776. The van der Waals surface area contributed by atoms with Crippen molar-refractivity contribution in [1.82, 2.24) is 20.0 Å². The lowest BCUT2D eigenvalue weighted by Crippen LogP contribution is -2.13. The first-order valence-electron chi connectivity index (χ1n) is 9.89. The molecule has 3 N–H and O–H groups in total. The predicted molar refractivity (Wildman–Crippen MR) is 125 cm³/mol. The van der Waals surface area contributed by atoms with E-state index in [4.69, 9.17) is 17.3 Å². The number of nitrogens with zero attached hydrogens (tertiary/aromatic N) is 4. The monoisotopic (exact) mass is 440 g/mol. The predicted octanol–water partition coefficient (Wildman–Crippen LogP) is 4.13. The fourth-order valence-corrected chi connectivity index (χ4v) is 4.47. The second-order valence-electron chi connectivity index (χ2n) is 7.44. The minimum Gasteiger partial charge on any atom is -0.325 e. The van der Waals surface area contributed by atoms with Gasteiger partial charge in [0, 0.05) is 35.5 Å². The first-order chi connectivity index (χ1) is 15.5. The van der Waals surface area contributed by atoms with Gasteiger partial charge >= 0.3 is 0 Å². The SMILES string of the molecule is Cn1ncc(-c2cc(Cl)c3c(=O)[nH]nc(CN)c3c2)c1-c1ccc2ccccc2c1C#N. The Morgan fingerprint density at radius 3 is 2.75 bits per heavy atom. The molecule has 7 nitrogen and oxygen atoms in total. The van der Waals surface area contributed by atoms with Crippen molar-refractivity contribution < 1.29 is 0 Å². The number of nitrogens with one attached hydrogen (secondary N) is 1. The number of rotatable bonds is 3. The molecule has 2 aromatic heterocycles. The van der Waals surface area contributed by atoms with E-state index in [1.165, 1.54) is 0 Å². The standard InChI is InChI=1S/C24H17ClN6O/c1-31-23(16-7-6-13-4-2-3-5-15(13)18(16)10-26)19(12-28-31)14-8-17-21(11-27)29-30-24(32)22(17)20(25)9-14/h2-9,12H,11,27H2,1H3,(H,30,32). The van der Waals surface area contributed by atoms with E-state index in [2.05, 4.69) is 21.4 Å². The van der Waals surface area contributed by atoms with Gasteiger partial charge < -0.3 is 5.73 Å². The Labute approximate surface area is 187 Å². The first-order valence-corrected chi connectivity index (χ1v) is 10.3. The van der Waals surface area contributed by atoms with Gasteiger partial charge in [0.2, 0.25) is 0 Å². The zero-order valence-corrected chi connectivity index (χ0v) is 17.8. The van der Waals surface area contributed by atoms with Gasteiger partial charge in [0.1, 0.15) is 6.07 Å². The number of hydrogen-bond donors (Lipinski definition) is 2. The van der Waals surface area contributed by atoms with Gasteiger partial charge in [-0.1, -0.05) is 48.0 Å². The molecule has 0 unspecified atom stereocenters. The van der Waals surface area contributed by atoms with Crippen LogP contribution in [0.5, 0.6) is 0 Å². The minimum atomic E-state index is -0.374. The summed E-state index contributed by atoms with van der Waals surface area (Å²) >= 11 is 6.52. The number of benzene rings is 3. The summed E-state index contributed by atoms with van der Waals surface area (Å²) in [5, 5.41) is 24.0. The molecule has 2 heterocycles. The van der Waals surface area contributed by atoms with Crippen LogP contribution in [0.1, 0.15) is 11.3 Å². The molecule has 5 aromatic rings. The molecule has 3 aromatic carbocycles. The molecule has 0 saturated heterocycles. The van der Waals surface area contributed by atoms with E-state index in [0.717, 1.165) is 33.2 Å². The molecule has 0 radical (unpaired) electrons. The molecular formula is C24H17ClN6O. The topological polar surface area (TPSA) is 113 Å². The van der Waals surface area contributed by atoms with Crippen molar-refractivity contribution in [3.8, 4) is 28.5 Å². The Kier molecular flexibility index (Phi) is 4.74. The highest BCUT2D eigenvalue weighted by Gasteiger charge is 2.20. The van der Waals surface area contributed by atoms with Crippen molar-refractivity contribution in [3.63, 3.8) is 0 Å². The van der Waals surface area contributed by atoms with Crippen LogP contribution in [0.4, 0.5) is 0 Å². The van der Waals surface area contributed by atoms with Crippen molar-refractivity contribution in [2.75, 3.05) is 0 Å². The van der Waals surface area contributed by atoms with E-state index in [1.54, 1.807) is 16.9 Å². The number of hydrogen-bond acceptors (Lipinski definition) is 5. The molecule has 5 rings (SSSR count). The van der Waals surface area contributed by atoms with Gasteiger partial charge in [0.05, 0.1) is 33.6 Å². The third kappa shape index (κ3) is 2.97. The van der Waals surface area contributed by atoms with Gasteiger partial charge in [-0.2, -0.15) is 15.5 Å². The summed E-state index contributed by atoms with van der Waals surface area (Å²) in [5.74, 6) is 0. The Morgan fingerprint density at radius 1 is 1.16 bits per heavy atom. The number of H-pyrrole nitrogens is 1. The number of nitriles is 1. The van der Waals surface area contributed by atoms with Crippen LogP contribution >= 0.6 is 11.6 Å². The van der Waals surface area contributed by atoms with Crippen molar-refractivity contribution in [3.05, 3.63) is 81.4 Å². The Bertz CT molecular complexity index is 1630. The fraction of sp³-hybridized carbons (Fsp3) is 0.0833. The highest BCUT2D eigenvalue weighted by Crippen LogP contribution is 2.38. The van der Waals surface area contributed by atoms with E-state index in [9.17, 15) is 10.1 Å². The van der Waals surface area contributed by atoms with Gasteiger partial charge in [-0.25, -0.2) is 5.10 Å². The first kappa shape index (κ1) is 19.9. The molecule has 8 heteroatoms. The summed E-state index contributed by atoms with van der Waals surface area (Å²) in [6.45, 7) is 0.149. The maximum atomic E-state index is 12.3. The number of aryl methyl sites for hydroxylation is 1. The molecule has 0 saturated carbocycles. The molecule has 0 amide bonds. The molecule has 0 aliphatic heterocycles. The molecule has 0 bridgehead atoms. The lowest BCUT2D eigenvalue weighted by Gasteiger charge is -2.12. The minimum absolute atomic E-state index is 0.149. The summed E-state index contributed by atoms with van der Waals surface area (Å²) in [6, 6.07) is 17.6. The zero-order valence-electron chi connectivity index (χ0n) is 17.1. The normalized spacial score (nSPS) is 11.2. The third-order valence-electron chi connectivity index (χ3n) is 5.66. The van der Waals surface area contributed by atoms with Gasteiger partial charge in [-0.3, -0.25) is 9.48 Å². The second-order valence-corrected chi connectivity index (χ2v) is 7.84. The molecule has 0 spiro atoms. The summed E-state index contributed by atoms with van der Waals surface area (Å²) < 4.78 is 1.73. The number of halogens is 1. The maximum absolute atomic E-state index is 12.3. The molecular weight excluding hydrogens is 424 g/mol. The van der Waals surface area contributed by atoms with E-state index >= 15 is 0 Å². The van der Waals surface area contributed by atoms with Crippen molar-refractivity contribution in [2.24, 2.45) is 12.8 Å². The average molecular weight is 441 g/mol. The van der Waals surface area contributed by atoms with Crippen molar-refractivity contribution in [2.45, 2.75) is 6.54 Å². The van der Waals surface area contributed by atoms with E-state index in [-0.39, 0.29) is 12.1 Å². The van der Waals surface area contributed by atoms with Crippen LogP contribution in [0.15, 0.2) is 59.5 Å². The largest absolute Gasteiger partial charge is 0.325 e. The summed E-state index contributed by atoms with van der Waals surface area (Å²) in [7, 11) is 1.83. The lowest BCUT2D eigenvalue weighted by atomic mass is 9.93. The van der Waals surface area contributed by atoms with E-state index in [1.807, 2.05) is 49.5 Å². The zero-order chi connectivity index (χ0) is 22.4. The molecule has 156 valence electrons. The van der Waals surface area contributed by atoms with Gasteiger partial charge in [-0.05, 0) is 23.1 Å². The van der Waals surface area contributed by atoms with Crippen LogP contribution in [0.3, 0.4) is 0 Å². The number of aromatic nitrogens is 4. The summed E-state index contributed by atoms with van der Waals surface area (Å²) in [4.78, 5) is 12.3. The highest BCUT2D eigenvalue weighted by atomic mass is 35.5. The van der Waals surface area contributed by atoms with Gasteiger partial charge in [0.15, 0.2) is 0 Å². The van der Waals surface area contributed by atoms with Crippen LogP contribution in [0.25, 0.3) is 43.9 Å². The highest BCUT2D eigenvalue weighted by molar-refractivity contribution is 6.36. The fourth-order valence-electron chi connectivity index (χ4n) is 4.17. The van der Waals surface area contributed by atoms with Crippen LogP contribution in [-0.2, 0) is 13.6 Å². The molecule has 0 aliphatic rings. The van der Waals surface area contributed by atoms with E-state index in [0.29, 0.717) is 27.1 Å². The smallest absolute Gasteiger partial charge is 0.273 e. The molecule has 32 heavy (non-hydrogen) atoms. The number of nitrogens with two attached hydrogens (primary N) is 1. The van der Waals surface area contributed by atoms with E-state index < -0.39 is 0 Å². The van der Waals surface area contributed by atoms with Gasteiger partial charge in [-0.15, -0.1) is 0 Å². The van der Waals surface area contributed by atoms with Crippen LogP contribution in [-0.4, -0.2) is 20.0 Å².